The van der Waals surface area contributed by atoms with Crippen molar-refractivity contribution in [2.24, 2.45) is 0 Å². The first kappa shape index (κ1) is 22.7. The van der Waals surface area contributed by atoms with Gasteiger partial charge in [0.15, 0.2) is 17.3 Å². The third kappa shape index (κ3) is 4.84. The normalized spacial score (nSPS) is 16.2. The Hall–Kier alpha value is -3.03. The number of piperidine rings is 1. The number of amides is 1. The standard InChI is InChI=1S/C23H32N4O4/c1-14(2)25-23(28)17-13-24-21(26-22(17)27-10-8-7-9-15(27)3)16-11-18(29-4)20(31-6)19(12-16)30-5/h11-15H,7-10H2,1-6H3,(H,25,28)/t15-/m1/s1. The summed E-state index contributed by atoms with van der Waals surface area (Å²) in [7, 11) is 4.71. The monoisotopic (exact) mass is 428 g/mol. The lowest BCUT2D eigenvalue weighted by atomic mass is 10.0. The van der Waals surface area contributed by atoms with Crippen LogP contribution in [0.15, 0.2) is 18.3 Å². The quantitative estimate of drug-likeness (QED) is 0.720. The number of carbonyl (C=O) groups is 1. The summed E-state index contributed by atoms with van der Waals surface area (Å²) in [5.41, 5.74) is 1.20. The number of ether oxygens (including phenoxy) is 3. The van der Waals surface area contributed by atoms with Crippen molar-refractivity contribution in [2.75, 3.05) is 32.8 Å². The maximum Gasteiger partial charge on any atom is 0.256 e. The molecule has 1 N–H and O–H groups in total. The zero-order valence-electron chi connectivity index (χ0n) is 19.2. The molecule has 0 aliphatic carbocycles. The van der Waals surface area contributed by atoms with Gasteiger partial charge in [0.25, 0.3) is 5.91 Å². The molecular weight excluding hydrogens is 396 g/mol. The van der Waals surface area contributed by atoms with Gasteiger partial charge in [-0.2, -0.15) is 0 Å². The molecule has 1 aliphatic rings. The van der Waals surface area contributed by atoms with E-state index in [1.807, 2.05) is 26.0 Å². The van der Waals surface area contributed by atoms with Crippen LogP contribution in [0.3, 0.4) is 0 Å². The van der Waals surface area contributed by atoms with E-state index >= 15 is 0 Å². The molecule has 0 bridgehead atoms. The lowest BCUT2D eigenvalue weighted by Crippen LogP contribution is -2.40. The Kier molecular flexibility index (Phi) is 7.20. The van der Waals surface area contributed by atoms with E-state index in [9.17, 15) is 4.79 Å². The lowest BCUT2D eigenvalue weighted by molar-refractivity contribution is 0.0942. The van der Waals surface area contributed by atoms with Crippen molar-refractivity contribution in [3.05, 3.63) is 23.9 Å². The Labute approximate surface area is 183 Å². The molecule has 1 aliphatic heterocycles. The van der Waals surface area contributed by atoms with Crippen molar-refractivity contribution in [3.63, 3.8) is 0 Å². The van der Waals surface area contributed by atoms with Crippen LogP contribution < -0.4 is 24.4 Å². The van der Waals surface area contributed by atoms with Gasteiger partial charge in [-0.3, -0.25) is 4.79 Å². The number of nitrogens with one attached hydrogen (secondary N) is 1. The molecule has 168 valence electrons. The number of hydrogen-bond donors (Lipinski definition) is 1. The minimum Gasteiger partial charge on any atom is -0.493 e. The Morgan fingerprint density at radius 3 is 2.35 bits per heavy atom. The van der Waals surface area contributed by atoms with Gasteiger partial charge in [-0.05, 0) is 52.2 Å². The highest BCUT2D eigenvalue weighted by Crippen LogP contribution is 2.41. The lowest BCUT2D eigenvalue weighted by Gasteiger charge is -2.35. The summed E-state index contributed by atoms with van der Waals surface area (Å²) in [4.78, 5) is 24.5. The molecule has 1 aromatic carbocycles. The van der Waals surface area contributed by atoms with Crippen LogP contribution >= 0.6 is 0 Å². The fourth-order valence-corrected chi connectivity index (χ4v) is 3.85. The molecule has 1 atom stereocenters. The summed E-state index contributed by atoms with van der Waals surface area (Å²) in [5.74, 6) is 2.54. The fraction of sp³-hybridized carbons (Fsp3) is 0.522. The highest BCUT2D eigenvalue weighted by molar-refractivity contribution is 5.99. The highest BCUT2D eigenvalue weighted by Gasteiger charge is 2.26. The maximum atomic E-state index is 12.9. The van der Waals surface area contributed by atoms with Crippen LogP contribution in [0, 0.1) is 0 Å². The molecule has 0 unspecified atom stereocenters. The first-order chi connectivity index (χ1) is 14.9. The summed E-state index contributed by atoms with van der Waals surface area (Å²) in [6, 6.07) is 3.94. The molecule has 2 aromatic rings. The molecule has 31 heavy (non-hydrogen) atoms. The number of anilines is 1. The fourth-order valence-electron chi connectivity index (χ4n) is 3.85. The van der Waals surface area contributed by atoms with Crippen LogP contribution in [0.1, 0.15) is 50.4 Å². The third-order valence-corrected chi connectivity index (χ3v) is 5.43. The van der Waals surface area contributed by atoms with Crippen LogP contribution in [-0.2, 0) is 0 Å². The van der Waals surface area contributed by atoms with Crippen molar-refractivity contribution in [3.8, 4) is 28.6 Å². The summed E-state index contributed by atoms with van der Waals surface area (Å²) >= 11 is 0. The molecule has 1 saturated heterocycles. The number of aromatic nitrogens is 2. The topological polar surface area (TPSA) is 85.8 Å². The van der Waals surface area contributed by atoms with Crippen molar-refractivity contribution in [1.29, 1.82) is 0 Å². The molecule has 3 rings (SSSR count). The van der Waals surface area contributed by atoms with E-state index in [0.29, 0.717) is 40.5 Å². The molecule has 8 nitrogen and oxygen atoms in total. The number of carbonyl (C=O) groups excluding carboxylic acids is 1. The molecule has 0 radical (unpaired) electrons. The average molecular weight is 429 g/mol. The second-order valence-corrected chi connectivity index (χ2v) is 8.01. The van der Waals surface area contributed by atoms with E-state index in [1.165, 1.54) is 6.42 Å². The minimum absolute atomic E-state index is 0.0221. The van der Waals surface area contributed by atoms with Gasteiger partial charge in [0.05, 0.1) is 21.3 Å². The minimum atomic E-state index is -0.167. The summed E-state index contributed by atoms with van der Waals surface area (Å²) in [6.45, 7) is 6.90. The predicted octanol–water partition coefficient (Wildman–Crippen LogP) is 3.69. The number of methoxy groups -OCH3 is 3. The summed E-state index contributed by atoms with van der Waals surface area (Å²) < 4.78 is 16.4. The Morgan fingerprint density at radius 2 is 1.81 bits per heavy atom. The maximum absolute atomic E-state index is 12.9. The molecule has 8 heteroatoms. The Balaban J connectivity index is 2.12. The van der Waals surface area contributed by atoms with Gasteiger partial charge in [0.2, 0.25) is 5.75 Å². The first-order valence-electron chi connectivity index (χ1n) is 10.6. The van der Waals surface area contributed by atoms with Crippen LogP contribution in [0.5, 0.6) is 17.2 Å². The van der Waals surface area contributed by atoms with Crippen molar-refractivity contribution in [1.82, 2.24) is 15.3 Å². The van der Waals surface area contributed by atoms with Gasteiger partial charge in [-0.1, -0.05) is 0 Å². The predicted molar refractivity (Wildman–Crippen MR) is 120 cm³/mol. The number of rotatable bonds is 7. The number of nitrogens with zero attached hydrogens (tertiary/aromatic N) is 3. The summed E-state index contributed by atoms with van der Waals surface area (Å²) in [5, 5.41) is 2.96. The van der Waals surface area contributed by atoms with Gasteiger partial charge in [-0.25, -0.2) is 9.97 Å². The van der Waals surface area contributed by atoms with Gasteiger partial charge < -0.3 is 24.4 Å². The van der Waals surface area contributed by atoms with Gasteiger partial charge in [0, 0.05) is 30.4 Å². The van der Waals surface area contributed by atoms with Crippen LogP contribution in [0.2, 0.25) is 0 Å². The van der Waals surface area contributed by atoms with E-state index in [-0.39, 0.29) is 11.9 Å². The Bertz CT molecular complexity index is 907. The molecule has 0 saturated carbocycles. The molecular formula is C23H32N4O4. The van der Waals surface area contributed by atoms with Crippen molar-refractivity contribution >= 4 is 11.7 Å². The van der Waals surface area contributed by atoms with E-state index in [4.69, 9.17) is 19.2 Å². The van der Waals surface area contributed by atoms with Gasteiger partial charge >= 0.3 is 0 Å². The molecule has 0 spiro atoms. The molecule has 1 aromatic heterocycles. The van der Waals surface area contributed by atoms with E-state index in [2.05, 4.69) is 22.1 Å². The van der Waals surface area contributed by atoms with Crippen LogP contribution in [0.4, 0.5) is 5.82 Å². The zero-order valence-corrected chi connectivity index (χ0v) is 19.2. The second-order valence-electron chi connectivity index (χ2n) is 8.01. The molecule has 1 amide bonds. The van der Waals surface area contributed by atoms with E-state index in [1.54, 1.807) is 27.5 Å². The van der Waals surface area contributed by atoms with Gasteiger partial charge in [-0.15, -0.1) is 0 Å². The molecule has 2 heterocycles. The van der Waals surface area contributed by atoms with Crippen LogP contribution in [0.25, 0.3) is 11.4 Å². The third-order valence-electron chi connectivity index (χ3n) is 5.43. The van der Waals surface area contributed by atoms with E-state index in [0.717, 1.165) is 24.9 Å². The van der Waals surface area contributed by atoms with E-state index < -0.39 is 0 Å². The SMILES string of the molecule is COc1cc(-c2ncc(C(=O)NC(C)C)c(N3CCCC[C@H]3C)n2)cc(OC)c1OC. The van der Waals surface area contributed by atoms with Crippen LogP contribution in [-0.4, -0.2) is 55.8 Å². The van der Waals surface area contributed by atoms with Gasteiger partial charge in [0.1, 0.15) is 11.4 Å². The number of hydrogen-bond acceptors (Lipinski definition) is 7. The average Bonchev–Trinajstić information content (AvgIpc) is 2.77. The second kappa shape index (κ2) is 9.85. The first-order valence-corrected chi connectivity index (χ1v) is 10.6. The zero-order chi connectivity index (χ0) is 22.5. The largest absolute Gasteiger partial charge is 0.493 e. The number of benzene rings is 1. The highest BCUT2D eigenvalue weighted by atomic mass is 16.5. The van der Waals surface area contributed by atoms with Crippen molar-refractivity contribution in [2.45, 2.75) is 52.1 Å². The summed E-state index contributed by atoms with van der Waals surface area (Å²) in [6.07, 6.45) is 4.92. The van der Waals surface area contributed by atoms with Crippen molar-refractivity contribution < 1.29 is 19.0 Å². The smallest absolute Gasteiger partial charge is 0.256 e. The Morgan fingerprint density at radius 1 is 1.13 bits per heavy atom. The molecule has 1 fully saturated rings.